The number of rotatable bonds is 5. The van der Waals surface area contributed by atoms with Crippen molar-refractivity contribution in [2.75, 3.05) is 14.2 Å². The molecule has 2 aromatic rings. The summed E-state index contributed by atoms with van der Waals surface area (Å²) < 4.78 is 77.9. The van der Waals surface area contributed by atoms with Gasteiger partial charge in [-0.25, -0.2) is 0 Å². The van der Waals surface area contributed by atoms with E-state index < -0.39 is 31.8 Å². The second-order valence-electron chi connectivity index (χ2n) is 4.73. The van der Waals surface area contributed by atoms with Crippen LogP contribution in [-0.4, -0.2) is 22.6 Å². The number of benzene rings is 2. The van der Waals surface area contributed by atoms with Crippen molar-refractivity contribution in [2.45, 2.75) is 11.1 Å². The Morgan fingerprint density at radius 1 is 0.920 bits per heavy atom. The van der Waals surface area contributed by atoms with Crippen LogP contribution < -0.4 is 13.7 Å². The first kappa shape index (κ1) is 19.2. The second-order valence-corrected chi connectivity index (χ2v) is 6.65. The molecule has 136 valence electrons. The Morgan fingerprint density at radius 3 is 1.92 bits per heavy atom. The quantitative estimate of drug-likeness (QED) is 0.711. The lowest BCUT2D eigenvalue weighted by atomic mass is 10.2. The first-order valence-corrected chi connectivity index (χ1v) is 8.40. The van der Waals surface area contributed by atoms with E-state index in [1.165, 1.54) is 32.4 Å². The van der Waals surface area contributed by atoms with Gasteiger partial charge in [-0.15, -0.1) is 0 Å². The standard InChI is InChI=1S/C15H12ClF3O5S/c1-22-10-6-11(23-2)8-12(7-10)24-25(20,21)14-5-9(15(17,18)19)3-4-13(14)16/h3-8H,1-2H3. The van der Waals surface area contributed by atoms with Gasteiger partial charge in [0.2, 0.25) is 0 Å². The molecule has 0 saturated heterocycles. The van der Waals surface area contributed by atoms with Gasteiger partial charge in [0.15, 0.2) is 0 Å². The van der Waals surface area contributed by atoms with Gasteiger partial charge in [-0.2, -0.15) is 21.6 Å². The van der Waals surface area contributed by atoms with Gasteiger partial charge in [-0.1, -0.05) is 11.6 Å². The van der Waals surface area contributed by atoms with Gasteiger partial charge in [0.25, 0.3) is 0 Å². The van der Waals surface area contributed by atoms with Gasteiger partial charge in [0, 0.05) is 18.2 Å². The molecule has 0 fully saturated rings. The second kappa shape index (κ2) is 7.01. The van der Waals surface area contributed by atoms with Crippen LogP contribution in [0, 0.1) is 0 Å². The summed E-state index contributed by atoms with van der Waals surface area (Å²) in [5.41, 5.74) is -1.16. The lowest BCUT2D eigenvalue weighted by Crippen LogP contribution is -2.13. The largest absolute Gasteiger partial charge is 0.496 e. The van der Waals surface area contributed by atoms with Crippen molar-refractivity contribution in [3.8, 4) is 17.2 Å². The number of halogens is 4. The van der Waals surface area contributed by atoms with Crippen molar-refractivity contribution in [2.24, 2.45) is 0 Å². The molecular weight excluding hydrogens is 385 g/mol. The summed E-state index contributed by atoms with van der Waals surface area (Å²) >= 11 is 5.74. The fraction of sp³-hybridized carbons (Fsp3) is 0.200. The first-order valence-electron chi connectivity index (χ1n) is 6.61. The van der Waals surface area contributed by atoms with Gasteiger partial charge >= 0.3 is 16.3 Å². The van der Waals surface area contributed by atoms with Gasteiger partial charge in [-0.3, -0.25) is 0 Å². The number of methoxy groups -OCH3 is 2. The third-order valence-corrected chi connectivity index (χ3v) is 4.79. The molecule has 10 heteroatoms. The molecular formula is C15H12ClF3O5S. The molecule has 0 radical (unpaired) electrons. The number of alkyl halides is 3. The molecule has 0 aliphatic heterocycles. The minimum absolute atomic E-state index is 0.204. The number of hydrogen-bond acceptors (Lipinski definition) is 5. The van der Waals surface area contributed by atoms with Crippen molar-refractivity contribution < 1.29 is 35.2 Å². The average Bonchev–Trinajstić information content (AvgIpc) is 2.53. The van der Waals surface area contributed by atoms with Gasteiger partial charge in [0.1, 0.15) is 22.1 Å². The van der Waals surface area contributed by atoms with E-state index in [2.05, 4.69) is 0 Å². The summed E-state index contributed by atoms with van der Waals surface area (Å²) in [4.78, 5) is -0.800. The highest BCUT2D eigenvalue weighted by atomic mass is 35.5. The Hall–Kier alpha value is -2.13. The van der Waals surface area contributed by atoms with Crippen molar-refractivity contribution in [3.05, 3.63) is 47.0 Å². The third kappa shape index (κ3) is 4.49. The molecule has 2 aromatic carbocycles. The number of ether oxygens (including phenoxy) is 2. The predicted octanol–water partition coefficient (Wildman–Crippen LogP) is 4.14. The smallest absolute Gasteiger partial charge is 0.416 e. The molecule has 0 aliphatic carbocycles. The van der Waals surface area contributed by atoms with Crippen LogP contribution in [0.1, 0.15) is 5.56 Å². The molecule has 0 amide bonds. The van der Waals surface area contributed by atoms with Gasteiger partial charge in [-0.05, 0) is 18.2 Å². The Morgan fingerprint density at radius 2 is 1.44 bits per heavy atom. The lowest BCUT2D eigenvalue weighted by Gasteiger charge is -2.13. The molecule has 2 rings (SSSR count). The van der Waals surface area contributed by atoms with E-state index in [-0.39, 0.29) is 17.2 Å². The minimum Gasteiger partial charge on any atom is -0.496 e. The first-order chi connectivity index (χ1) is 11.6. The average molecular weight is 397 g/mol. The van der Waals surface area contributed by atoms with Crippen LogP contribution in [0.4, 0.5) is 13.2 Å². The molecule has 0 atom stereocenters. The van der Waals surface area contributed by atoms with Gasteiger partial charge < -0.3 is 13.7 Å². The lowest BCUT2D eigenvalue weighted by molar-refractivity contribution is -0.137. The van der Waals surface area contributed by atoms with Crippen molar-refractivity contribution in [1.82, 2.24) is 0 Å². The van der Waals surface area contributed by atoms with E-state index in [0.29, 0.717) is 12.1 Å². The highest BCUT2D eigenvalue weighted by Crippen LogP contribution is 2.35. The van der Waals surface area contributed by atoms with Gasteiger partial charge in [0.05, 0.1) is 24.8 Å². The molecule has 0 unspecified atom stereocenters. The van der Waals surface area contributed by atoms with Crippen LogP contribution in [-0.2, 0) is 16.3 Å². The highest BCUT2D eigenvalue weighted by Gasteiger charge is 2.33. The van der Waals surface area contributed by atoms with Crippen LogP contribution >= 0.6 is 11.6 Å². The summed E-state index contributed by atoms with van der Waals surface area (Å²) in [5, 5.41) is -0.400. The van der Waals surface area contributed by atoms with Crippen molar-refractivity contribution in [3.63, 3.8) is 0 Å². The minimum atomic E-state index is -4.73. The monoisotopic (exact) mass is 396 g/mol. The maximum atomic E-state index is 12.8. The van der Waals surface area contributed by atoms with Crippen LogP contribution in [0.5, 0.6) is 17.2 Å². The Labute approximate surface area is 147 Å². The molecule has 0 aromatic heterocycles. The molecule has 25 heavy (non-hydrogen) atoms. The Balaban J connectivity index is 2.47. The molecule has 0 bridgehead atoms. The Kier molecular flexibility index (Phi) is 5.38. The molecule has 0 saturated carbocycles. The van der Waals surface area contributed by atoms with Crippen molar-refractivity contribution in [1.29, 1.82) is 0 Å². The van der Waals surface area contributed by atoms with E-state index in [1.54, 1.807) is 0 Å². The fourth-order valence-corrected chi connectivity index (χ4v) is 3.29. The van der Waals surface area contributed by atoms with E-state index in [1.807, 2.05) is 0 Å². The van der Waals surface area contributed by atoms with Crippen molar-refractivity contribution >= 4 is 21.7 Å². The zero-order chi connectivity index (χ0) is 18.8. The SMILES string of the molecule is COc1cc(OC)cc(OS(=O)(=O)c2cc(C(F)(F)F)ccc2Cl)c1. The van der Waals surface area contributed by atoms with E-state index >= 15 is 0 Å². The normalized spacial score (nSPS) is 11.9. The molecule has 0 spiro atoms. The maximum Gasteiger partial charge on any atom is 0.416 e. The number of hydrogen-bond donors (Lipinski definition) is 0. The molecule has 0 heterocycles. The van der Waals surface area contributed by atoms with Crippen LogP contribution in [0.15, 0.2) is 41.3 Å². The maximum absolute atomic E-state index is 12.8. The molecule has 0 N–H and O–H groups in total. The summed E-state index contributed by atoms with van der Waals surface area (Å²) in [6, 6.07) is 5.87. The zero-order valence-corrected chi connectivity index (χ0v) is 14.5. The third-order valence-electron chi connectivity index (χ3n) is 3.06. The van der Waals surface area contributed by atoms with Crippen LogP contribution in [0.2, 0.25) is 5.02 Å². The molecule has 0 aliphatic rings. The fourth-order valence-electron chi connectivity index (χ4n) is 1.87. The highest BCUT2D eigenvalue weighted by molar-refractivity contribution is 7.87. The van der Waals surface area contributed by atoms with E-state index in [0.717, 1.165) is 6.07 Å². The summed E-state index contributed by atoms with van der Waals surface area (Å²) in [7, 11) is -1.93. The molecule has 5 nitrogen and oxygen atoms in total. The predicted molar refractivity (Wildman–Crippen MR) is 83.8 cm³/mol. The van der Waals surface area contributed by atoms with E-state index in [4.69, 9.17) is 25.3 Å². The van der Waals surface area contributed by atoms with Crippen LogP contribution in [0.3, 0.4) is 0 Å². The van der Waals surface area contributed by atoms with Crippen LogP contribution in [0.25, 0.3) is 0 Å². The summed E-state index contributed by atoms with van der Waals surface area (Å²) in [5.74, 6) is 0.268. The summed E-state index contributed by atoms with van der Waals surface area (Å²) in [6.07, 6.45) is -4.73. The van der Waals surface area contributed by atoms with E-state index in [9.17, 15) is 21.6 Å². The summed E-state index contributed by atoms with van der Waals surface area (Å²) in [6.45, 7) is 0. The topological polar surface area (TPSA) is 61.8 Å². The zero-order valence-electron chi connectivity index (χ0n) is 12.9. The Bertz CT molecular complexity index is 859.